The molecule has 0 spiro atoms. The molecular formula is C39H50BBr3O6S4. The van der Waals surface area contributed by atoms with Crippen molar-refractivity contribution < 1.29 is 54.9 Å². The number of thioether (sulfide) groups is 1. The van der Waals surface area contributed by atoms with Gasteiger partial charge in [0, 0.05) is 57.2 Å². The van der Waals surface area contributed by atoms with Crippen LogP contribution in [0.3, 0.4) is 0 Å². The fourth-order valence-corrected chi connectivity index (χ4v) is 6.60. The molecule has 0 aromatic heterocycles. The third-order valence-electron chi connectivity index (χ3n) is 7.24. The van der Waals surface area contributed by atoms with E-state index in [9.17, 15) is 16.8 Å². The zero-order valence-electron chi connectivity index (χ0n) is 49.6. The Morgan fingerprint density at radius 2 is 0.981 bits per heavy atom. The Hall–Kier alpha value is -1.10. The third kappa shape index (κ3) is 15.1. The Balaban J connectivity index is 0.000000361. The van der Waals surface area contributed by atoms with Crippen molar-refractivity contribution in [2.24, 2.45) is 0 Å². The summed E-state index contributed by atoms with van der Waals surface area (Å²) in [7, 11) is -10.7. The van der Waals surface area contributed by atoms with Crippen LogP contribution < -0.4 is 5.46 Å². The van der Waals surface area contributed by atoms with Gasteiger partial charge in [0.2, 0.25) is 0 Å². The summed E-state index contributed by atoms with van der Waals surface area (Å²) >= 11 is 14.3. The fraction of sp³-hybridized carbons (Fsp3) is 0.385. The molecule has 1 fully saturated rings. The summed E-state index contributed by atoms with van der Waals surface area (Å²) in [5.41, 5.74) is -0.737. The summed E-state index contributed by atoms with van der Waals surface area (Å²) in [6.07, 6.45) is 0. The Morgan fingerprint density at radius 1 is 0.623 bits per heavy atom. The van der Waals surface area contributed by atoms with Gasteiger partial charge in [0.15, 0.2) is 19.7 Å². The Kier molecular flexibility index (Phi) is 9.71. The zero-order chi connectivity index (χ0) is 58.1. The smallest absolute Gasteiger partial charge is 0.399 e. The monoisotopic (exact) mass is 1010 g/mol. The van der Waals surface area contributed by atoms with Crippen LogP contribution in [0.1, 0.15) is 97.6 Å². The number of benzene rings is 4. The highest BCUT2D eigenvalue weighted by atomic mass is 79.9. The molecule has 0 unspecified atom stereocenters. The molecule has 0 aliphatic carbocycles. The van der Waals surface area contributed by atoms with E-state index >= 15 is 0 Å². The lowest BCUT2D eigenvalue weighted by Crippen LogP contribution is -2.41. The van der Waals surface area contributed by atoms with Gasteiger partial charge in [0.05, 0.1) is 31.4 Å². The molecule has 290 valence electrons. The summed E-state index contributed by atoms with van der Waals surface area (Å²) in [4.78, 5) is 0.326. The first-order valence-electron chi connectivity index (χ1n) is 25.4. The maximum absolute atomic E-state index is 12.8. The largest absolute Gasteiger partial charge is 0.494 e. The van der Waals surface area contributed by atoms with Gasteiger partial charge in [-0.25, -0.2) is 16.8 Å². The zero-order valence-corrected chi connectivity index (χ0v) is 36.7. The lowest BCUT2D eigenvalue weighted by molar-refractivity contribution is 0.00578. The van der Waals surface area contributed by atoms with E-state index in [4.69, 9.17) is 38.1 Å². The summed E-state index contributed by atoms with van der Waals surface area (Å²) in [5.74, 6) is 0. The lowest BCUT2D eigenvalue weighted by atomic mass is 9.79. The first kappa shape index (κ1) is 24.6. The van der Waals surface area contributed by atoms with Gasteiger partial charge in [-0.15, -0.1) is 24.4 Å². The van der Waals surface area contributed by atoms with Crippen molar-refractivity contribution in [1.29, 1.82) is 0 Å². The van der Waals surface area contributed by atoms with Crippen molar-refractivity contribution in [3.8, 4) is 0 Å². The number of hydrogen-bond acceptors (Lipinski definition) is 8. The van der Waals surface area contributed by atoms with E-state index in [0.717, 1.165) is 38.1 Å². The standard InChI is InChI=1S/C15H23BO4S.C9H11BrO2S.C9H11BrS.C6H5BrS/c1-11(2)21(17,18)13-9-7-12(8-10-13)16-19-14(3,4)15(5,6)20-16;1-7(2)13(11,12)9-5-3-8(10)4-6-9;1-7(2)11-9-5-3-8(10)4-6-9;7-5-1-3-6(8)4-2-5/h7-11H,1-6H3;3-7H,1-2H3;3-7H,1-2H3;1-4,8H/i1D3,2D3,11D;2*1D3,2D3,7D;. The predicted molar refractivity (Wildman–Crippen MR) is 237 cm³/mol. The maximum atomic E-state index is 12.8. The molecular weight excluding hydrogens is 943 g/mol. The molecule has 4 aromatic carbocycles. The minimum Gasteiger partial charge on any atom is -0.399 e. The normalized spacial score (nSPS) is 22.7. The van der Waals surface area contributed by atoms with E-state index in [1.807, 2.05) is 52.0 Å². The van der Waals surface area contributed by atoms with Gasteiger partial charge in [-0.2, -0.15) is 0 Å². The van der Waals surface area contributed by atoms with Crippen LogP contribution in [0.4, 0.5) is 0 Å². The topological polar surface area (TPSA) is 86.7 Å². The molecule has 0 saturated carbocycles. The minimum atomic E-state index is -5.04. The number of rotatable bonds is 7. The molecule has 0 bridgehead atoms. The molecule has 1 saturated heterocycles. The van der Waals surface area contributed by atoms with Gasteiger partial charge in [-0.3, -0.25) is 0 Å². The quantitative estimate of drug-likeness (QED) is 0.112. The van der Waals surface area contributed by atoms with E-state index in [-0.39, 0.29) is 0 Å². The molecule has 0 amide bonds. The Bertz CT molecular complexity index is 2660. The van der Waals surface area contributed by atoms with E-state index in [1.54, 1.807) is 24.3 Å². The van der Waals surface area contributed by atoms with Gasteiger partial charge < -0.3 is 9.31 Å². The van der Waals surface area contributed by atoms with Crippen LogP contribution in [0.2, 0.25) is 0 Å². The summed E-state index contributed by atoms with van der Waals surface area (Å²) in [6, 6.07) is 23.9. The van der Waals surface area contributed by atoms with E-state index in [2.05, 4.69) is 60.4 Å². The SMILES string of the molecule is Sc1ccc(Br)cc1.[2H]C([2H])([2H])C([2H])(C([2H])([2H])[2H])S(=O)(=O)c1ccc(B2OC(C)(C)C(C)(C)O2)cc1.[2H]C([2H])([2H])C([2H])(C([2H])([2H])[2H])S(=O)(=O)c1ccc(Br)cc1.[2H]C([2H])([2H])C([2H])(Sc1ccc(Br)cc1)C([2H])([2H])[2H]. The average molecular weight is 1010 g/mol. The molecule has 0 radical (unpaired) electrons. The molecule has 1 heterocycles. The number of hydrogen-bond donors (Lipinski definition) is 1. The molecule has 14 heteroatoms. The fourth-order valence-electron chi connectivity index (χ4n) is 3.69. The second-order valence-electron chi connectivity index (χ2n) is 11.6. The van der Waals surface area contributed by atoms with Crippen LogP contribution in [-0.2, 0) is 29.0 Å². The number of thiol groups is 1. The van der Waals surface area contributed by atoms with Gasteiger partial charge in [0.25, 0.3) is 0 Å². The van der Waals surface area contributed by atoms with Gasteiger partial charge in [0.1, 0.15) is 0 Å². The van der Waals surface area contributed by atoms with Crippen LogP contribution in [0.25, 0.3) is 0 Å². The predicted octanol–water partition coefficient (Wildman–Crippen LogP) is 11.5. The highest BCUT2D eigenvalue weighted by Crippen LogP contribution is 2.36. The van der Waals surface area contributed by atoms with Gasteiger partial charge in [-0.05, 0) is 145 Å². The highest BCUT2D eigenvalue weighted by Gasteiger charge is 2.51. The highest BCUT2D eigenvalue weighted by molar-refractivity contribution is 9.11. The Morgan fingerprint density at radius 3 is 1.34 bits per heavy atom. The summed E-state index contributed by atoms with van der Waals surface area (Å²) in [5, 5.41) is -9.90. The van der Waals surface area contributed by atoms with Gasteiger partial charge in [-0.1, -0.05) is 73.6 Å². The van der Waals surface area contributed by atoms with Crippen LogP contribution in [0.5, 0.6) is 0 Å². The van der Waals surface area contributed by atoms with E-state index in [0.29, 0.717) is 26.6 Å². The van der Waals surface area contributed by atoms with Crippen LogP contribution in [-0.4, -0.2) is 50.8 Å². The van der Waals surface area contributed by atoms with Crippen molar-refractivity contribution in [2.75, 3.05) is 0 Å². The number of halogens is 3. The second kappa shape index (κ2) is 20.9. The van der Waals surface area contributed by atoms with Crippen molar-refractivity contribution in [3.05, 3.63) is 110 Å². The maximum Gasteiger partial charge on any atom is 0.494 e. The lowest BCUT2D eigenvalue weighted by Gasteiger charge is -2.32. The molecule has 53 heavy (non-hydrogen) atoms. The van der Waals surface area contributed by atoms with Crippen molar-refractivity contribution >= 4 is 104 Å². The van der Waals surface area contributed by atoms with Crippen molar-refractivity contribution in [1.82, 2.24) is 0 Å². The first-order chi connectivity index (χ1) is 32.8. The van der Waals surface area contributed by atoms with Crippen LogP contribution in [0, 0.1) is 0 Å². The summed E-state index contributed by atoms with van der Waals surface area (Å²) < 4.78 is 219. The molecule has 0 N–H and O–H groups in total. The second-order valence-corrected chi connectivity index (χ2v) is 19.8. The Labute approximate surface area is 383 Å². The molecule has 5 rings (SSSR count). The van der Waals surface area contributed by atoms with Gasteiger partial charge >= 0.3 is 7.12 Å². The van der Waals surface area contributed by atoms with Crippen molar-refractivity contribution in [3.63, 3.8) is 0 Å². The van der Waals surface area contributed by atoms with Crippen LogP contribution >= 0.6 is 72.2 Å². The van der Waals surface area contributed by atoms with E-state index in [1.165, 1.54) is 24.3 Å². The molecule has 1 aliphatic rings. The first-order valence-corrected chi connectivity index (χ1v) is 21.5. The molecule has 4 aromatic rings. The molecule has 6 nitrogen and oxygen atoms in total. The third-order valence-corrected chi connectivity index (χ3v) is 12.7. The van der Waals surface area contributed by atoms with Crippen LogP contribution in [0.15, 0.2) is 130 Å². The molecule has 0 atom stereocenters. The van der Waals surface area contributed by atoms with Crippen molar-refractivity contribution in [2.45, 2.75) is 115 Å². The summed E-state index contributed by atoms with van der Waals surface area (Å²) in [6.45, 7) is -12.6. The molecule has 1 aliphatic heterocycles. The number of sulfone groups is 2. The van der Waals surface area contributed by atoms with E-state index < -0.39 is 105 Å². The minimum absolute atomic E-state index is 0.431. The average Bonchev–Trinajstić information content (AvgIpc) is 3.45.